The fourth-order valence-corrected chi connectivity index (χ4v) is 3.64. The first kappa shape index (κ1) is 18.2. The summed E-state index contributed by atoms with van der Waals surface area (Å²) in [5.74, 6) is 0.570. The number of rotatable bonds is 5. The molecular weight excluding hydrogens is 342 g/mol. The molecule has 0 spiro atoms. The van der Waals surface area contributed by atoms with Gasteiger partial charge in [-0.3, -0.25) is 10.1 Å². The lowest BCUT2D eigenvalue weighted by atomic mass is 9.94. The van der Waals surface area contributed by atoms with Gasteiger partial charge in [0, 0.05) is 22.9 Å². The van der Waals surface area contributed by atoms with Crippen molar-refractivity contribution in [3.05, 3.63) is 84.1 Å². The Bertz CT molecular complexity index is 1060. The first-order valence-electron chi connectivity index (χ1n) is 9.78. The van der Waals surface area contributed by atoms with Crippen molar-refractivity contribution in [2.75, 3.05) is 0 Å². The minimum Gasteiger partial charge on any atom is -0.275 e. The summed E-state index contributed by atoms with van der Waals surface area (Å²) < 4.78 is 0. The molecule has 0 fully saturated rings. The van der Waals surface area contributed by atoms with E-state index in [0.29, 0.717) is 5.92 Å². The molecule has 2 aromatic heterocycles. The van der Waals surface area contributed by atoms with Crippen molar-refractivity contribution in [3.63, 3.8) is 0 Å². The quantitative estimate of drug-likeness (QED) is 0.449. The van der Waals surface area contributed by atoms with Crippen LogP contribution in [0, 0.1) is 12.8 Å². The maximum Gasteiger partial charge on any atom is 0.0956 e. The number of hydrogen-bond donors (Lipinski definition) is 1. The number of pyridine rings is 1. The summed E-state index contributed by atoms with van der Waals surface area (Å²) in [5, 5.41) is 7.78. The van der Waals surface area contributed by atoms with Gasteiger partial charge in [0.1, 0.15) is 0 Å². The molecule has 0 aliphatic carbocycles. The molecular formula is C25H25N3. The van der Waals surface area contributed by atoms with Gasteiger partial charge < -0.3 is 0 Å². The zero-order chi connectivity index (χ0) is 19.5. The van der Waals surface area contributed by atoms with E-state index in [2.05, 4.69) is 73.4 Å². The summed E-state index contributed by atoms with van der Waals surface area (Å²) in [6.45, 7) is 6.61. The molecule has 0 bridgehead atoms. The molecule has 4 aromatic rings. The normalized spacial score (nSPS) is 11.1. The Morgan fingerprint density at radius 2 is 1.54 bits per heavy atom. The molecule has 0 unspecified atom stereocenters. The molecule has 0 atom stereocenters. The van der Waals surface area contributed by atoms with Crippen molar-refractivity contribution in [2.45, 2.75) is 27.2 Å². The first-order chi connectivity index (χ1) is 13.6. The maximum atomic E-state index is 4.79. The second kappa shape index (κ2) is 7.81. The van der Waals surface area contributed by atoms with Crippen molar-refractivity contribution < 1.29 is 0 Å². The van der Waals surface area contributed by atoms with Gasteiger partial charge in [0.25, 0.3) is 0 Å². The van der Waals surface area contributed by atoms with Gasteiger partial charge in [-0.1, -0.05) is 74.5 Å². The van der Waals surface area contributed by atoms with Crippen LogP contribution in [0.15, 0.2) is 72.9 Å². The number of H-pyrrole nitrogens is 1. The number of aromatic nitrogens is 3. The standard InChI is InChI=1S/C25H25N3/c1-17(2)14-21-15-23(26-16-22(21)19-10-6-4-7-11-19)25-18(3)24(27-28-25)20-12-8-5-9-13-20/h4-13,15-17H,14H2,1-3H3,(H,27,28). The summed E-state index contributed by atoms with van der Waals surface area (Å²) in [7, 11) is 0. The van der Waals surface area contributed by atoms with Crippen LogP contribution in [0.25, 0.3) is 33.8 Å². The molecule has 140 valence electrons. The van der Waals surface area contributed by atoms with Gasteiger partial charge in [0.05, 0.1) is 17.1 Å². The number of aromatic amines is 1. The van der Waals surface area contributed by atoms with Crippen LogP contribution in [0.1, 0.15) is 25.0 Å². The first-order valence-corrected chi connectivity index (χ1v) is 9.78. The van der Waals surface area contributed by atoms with E-state index in [9.17, 15) is 0 Å². The molecule has 0 amide bonds. The average molecular weight is 367 g/mol. The van der Waals surface area contributed by atoms with E-state index in [1.807, 2.05) is 30.5 Å². The van der Waals surface area contributed by atoms with E-state index in [1.54, 1.807) is 0 Å². The molecule has 3 nitrogen and oxygen atoms in total. The molecule has 1 N–H and O–H groups in total. The summed E-state index contributed by atoms with van der Waals surface area (Å²) in [6, 6.07) is 23.0. The highest BCUT2D eigenvalue weighted by Gasteiger charge is 2.16. The Balaban J connectivity index is 1.78. The van der Waals surface area contributed by atoms with Crippen molar-refractivity contribution in [3.8, 4) is 33.8 Å². The van der Waals surface area contributed by atoms with E-state index in [-0.39, 0.29) is 0 Å². The minimum atomic E-state index is 0.570. The van der Waals surface area contributed by atoms with Gasteiger partial charge in [-0.2, -0.15) is 5.10 Å². The van der Waals surface area contributed by atoms with Crippen molar-refractivity contribution >= 4 is 0 Å². The van der Waals surface area contributed by atoms with Gasteiger partial charge in [-0.15, -0.1) is 0 Å². The largest absolute Gasteiger partial charge is 0.275 e. The van der Waals surface area contributed by atoms with Crippen LogP contribution in [0.5, 0.6) is 0 Å². The van der Waals surface area contributed by atoms with Crippen LogP contribution in [-0.4, -0.2) is 15.2 Å². The fraction of sp³-hybridized carbons (Fsp3) is 0.200. The third kappa shape index (κ3) is 3.61. The van der Waals surface area contributed by atoms with Crippen LogP contribution >= 0.6 is 0 Å². The molecule has 0 aliphatic heterocycles. The molecule has 4 rings (SSSR count). The SMILES string of the molecule is Cc1c(-c2ccccc2)n[nH]c1-c1cc(CC(C)C)c(-c2ccccc2)cn1. The Labute approximate surface area is 166 Å². The highest BCUT2D eigenvalue weighted by atomic mass is 15.1. The van der Waals surface area contributed by atoms with Crippen LogP contribution in [0.3, 0.4) is 0 Å². The van der Waals surface area contributed by atoms with E-state index in [0.717, 1.165) is 34.6 Å². The molecule has 0 saturated carbocycles. The third-order valence-corrected chi connectivity index (χ3v) is 5.02. The Kier molecular flexibility index (Phi) is 5.07. The van der Waals surface area contributed by atoms with E-state index in [1.165, 1.54) is 16.7 Å². The van der Waals surface area contributed by atoms with Gasteiger partial charge in [-0.05, 0) is 36.5 Å². The highest BCUT2D eigenvalue weighted by molar-refractivity contribution is 5.74. The van der Waals surface area contributed by atoms with Crippen LogP contribution in [0.2, 0.25) is 0 Å². The van der Waals surface area contributed by atoms with Crippen LogP contribution < -0.4 is 0 Å². The van der Waals surface area contributed by atoms with E-state index in [4.69, 9.17) is 4.98 Å². The number of nitrogens with one attached hydrogen (secondary N) is 1. The monoisotopic (exact) mass is 367 g/mol. The molecule has 3 heteroatoms. The van der Waals surface area contributed by atoms with E-state index < -0.39 is 0 Å². The van der Waals surface area contributed by atoms with Crippen LogP contribution in [0.4, 0.5) is 0 Å². The summed E-state index contributed by atoms with van der Waals surface area (Å²) >= 11 is 0. The van der Waals surface area contributed by atoms with Gasteiger partial charge >= 0.3 is 0 Å². The molecule has 2 aromatic carbocycles. The van der Waals surface area contributed by atoms with Gasteiger partial charge in [0.15, 0.2) is 0 Å². The van der Waals surface area contributed by atoms with Crippen molar-refractivity contribution in [2.24, 2.45) is 5.92 Å². The summed E-state index contributed by atoms with van der Waals surface area (Å²) in [5.41, 5.74) is 8.90. The smallest absolute Gasteiger partial charge is 0.0956 e. The number of nitrogens with zero attached hydrogens (tertiary/aromatic N) is 2. The van der Waals surface area contributed by atoms with Gasteiger partial charge in [-0.25, -0.2) is 0 Å². The summed E-state index contributed by atoms with van der Waals surface area (Å²) in [4.78, 5) is 4.79. The van der Waals surface area contributed by atoms with Crippen LogP contribution in [-0.2, 0) is 6.42 Å². The Morgan fingerprint density at radius 1 is 0.893 bits per heavy atom. The lowest BCUT2D eigenvalue weighted by Gasteiger charge is -2.13. The van der Waals surface area contributed by atoms with Gasteiger partial charge in [0.2, 0.25) is 0 Å². The predicted molar refractivity (Wildman–Crippen MR) is 116 cm³/mol. The number of hydrogen-bond acceptors (Lipinski definition) is 2. The topological polar surface area (TPSA) is 41.6 Å². The second-order valence-corrected chi connectivity index (χ2v) is 7.63. The minimum absolute atomic E-state index is 0.570. The zero-order valence-corrected chi connectivity index (χ0v) is 16.6. The lowest BCUT2D eigenvalue weighted by Crippen LogP contribution is -1.99. The Morgan fingerprint density at radius 3 is 2.18 bits per heavy atom. The number of benzene rings is 2. The fourth-order valence-electron chi connectivity index (χ4n) is 3.64. The molecule has 2 heterocycles. The average Bonchev–Trinajstić information content (AvgIpc) is 3.10. The maximum absolute atomic E-state index is 4.79. The molecule has 0 aliphatic rings. The third-order valence-electron chi connectivity index (χ3n) is 5.02. The van der Waals surface area contributed by atoms with Crippen molar-refractivity contribution in [1.82, 2.24) is 15.2 Å². The predicted octanol–water partition coefficient (Wildman–Crippen LogP) is 6.31. The van der Waals surface area contributed by atoms with E-state index >= 15 is 0 Å². The molecule has 0 radical (unpaired) electrons. The second-order valence-electron chi connectivity index (χ2n) is 7.63. The zero-order valence-electron chi connectivity index (χ0n) is 16.6. The lowest BCUT2D eigenvalue weighted by molar-refractivity contribution is 0.648. The summed E-state index contributed by atoms with van der Waals surface area (Å²) in [6.07, 6.45) is 3.02. The molecule has 0 saturated heterocycles. The Hall–Kier alpha value is -3.20. The van der Waals surface area contributed by atoms with Crippen molar-refractivity contribution in [1.29, 1.82) is 0 Å². The highest BCUT2D eigenvalue weighted by Crippen LogP contribution is 2.32. The molecule has 28 heavy (non-hydrogen) atoms.